The monoisotopic (exact) mass is 268 g/mol. The second-order valence-electron chi connectivity index (χ2n) is 5.31. The Balaban J connectivity index is 2.13. The second kappa shape index (κ2) is 8.52. The van der Waals surface area contributed by atoms with Crippen molar-refractivity contribution < 1.29 is 0 Å². The molecule has 0 aliphatic heterocycles. The van der Waals surface area contributed by atoms with E-state index in [1.807, 2.05) is 24.3 Å². The van der Waals surface area contributed by atoms with Gasteiger partial charge in [0.05, 0.1) is 0 Å². The Hall–Kier alpha value is -0.570. The van der Waals surface area contributed by atoms with Crippen molar-refractivity contribution in [2.45, 2.75) is 39.2 Å². The van der Waals surface area contributed by atoms with Crippen LogP contribution in [0.2, 0.25) is 5.02 Å². The van der Waals surface area contributed by atoms with Gasteiger partial charge in [0.15, 0.2) is 0 Å². The number of nitrogens with one attached hydrogen (secondary N) is 1. The van der Waals surface area contributed by atoms with Crippen molar-refractivity contribution in [1.29, 1.82) is 0 Å². The van der Waals surface area contributed by atoms with Gasteiger partial charge in [-0.15, -0.1) is 0 Å². The van der Waals surface area contributed by atoms with Gasteiger partial charge in [0.2, 0.25) is 0 Å². The Kier molecular flexibility index (Phi) is 7.33. The van der Waals surface area contributed by atoms with Crippen LogP contribution in [0.25, 0.3) is 0 Å². The lowest BCUT2D eigenvalue weighted by Gasteiger charge is -2.13. The highest BCUT2D eigenvalue weighted by Crippen LogP contribution is 2.11. The van der Waals surface area contributed by atoms with Gasteiger partial charge in [0.25, 0.3) is 0 Å². The van der Waals surface area contributed by atoms with Crippen LogP contribution in [0, 0.1) is 5.92 Å². The van der Waals surface area contributed by atoms with Crippen LogP contribution < -0.4 is 11.1 Å². The summed E-state index contributed by atoms with van der Waals surface area (Å²) in [7, 11) is 0. The molecule has 2 nitrogen and oxygen atoms in total. The van der Waals surface area contributed by atoms with Crippen molar-refractivity contribution in [3.8, 4) is 0 Å². The summed E-state index contributed by atoms with van der Waals surface area (Å²) in [5.41, 5.74) is 7.37. The first-order valence-electron chi connectivity index (χ1n) is 6.78. The molecule has 0 spiro atoms. The van der Waals surface area contributed by atoms with E-state index in [1.165, 1.54) is 12.0 Å². The van der Waals surface area contributed by atoms with Gasteiger partial charge >= 0.3 is 0 Å². The van der Waals surface area contributed by atoms with Crippen LogP contribution in [0.15, 0.2) is 24.3 Å². The molecule has 0 radical (unpaired) electrons. The van der Waals surface area contributed by atoms with Crippen molar-refractivity contribution in [2.24, 2.45) is 11.7 Å². The van der Waals surface area contributed by atoms with Crippen LogP contribution in [0.5, 0.6) is 0 Å². The van der Waals surface area contributed by atoms with Gasteiger partial charge < -0.3 is 11.1 Å². The molecule has 0 aliphatic carbocycles. The fourth-order valence-corrected chi connectivity index (χ4v) is 1.95. The van der Waals surface area contributed by atoms with Crippen LogP contribution in [-0.2, 0) is 6.42 Å². The summed E-state index contributed by atoms with van der Waals surface area (Å²) >= 11 is 5.85. The minimum atomic E-state index is 0.220. The molecule has 0 fully saturated rings. The van der Waals surface area contributed by atoms with Gasteiger partial charge in [-0.25, -0.2) is 0 Å². The highest BCUT2D eigenvalue weighted by atomic mass is 35.5. The fourth-order valence-electron chi connectivity index (χ4n) is 1.83. The molecule has 1 atom stereocenters. The molecule has 3 heteroatoms. The first-order valence-corrected chi connectivity index (χ1v) is 7.16. The molecule has 102 valence electrons. The highest BCUT2D eigenvalue weighted by Gasteiger charge is 2.04. The lowest BCUT2D eigenvalue weighted by Crippen LogP contribution is -2.29. The molecule has 0 aromatic heterocycles. The maximum atomic E-state index is 6.11. The fraction of sp³-hybridized carbons (Fsp3) is 0.600. The van der Waals surface area contributed by atoms with E-state index in [9.17, 15) is 0 Å². The molecule has 1 aromatic carbocycles. The number of benzene rings is 1. The number of hydrogen-bond acceptors (Lipinski definition) is 2. The summed E-state index contributed by atoms with van der Waals surface area (Å²) in [5, 5.41) is 4.22. The number of hydrogen-bond donors (Lipinski definition) is 2. The summed E-state index contributed by atoms with van der Waals surface area (Å²) in [4.78, 5) is 0. The van der Waals surface area contributed by atoms with Gasteiger partial charge in [-0.3, -0.25) is 0 Å². The van der Waals surface area contributed by atoms with Gasteiger partial charge in [-0.05, 0) is 56.0 Å². The average Bonchev–Trinajstić information content (AvgIpc) is 2.31. The van der Waals surface area contributed by atoms with E-state index < -0.39 is 0 Å². The summed E-state index contributed by atoms with van der Waals surface area (Å²) < 4.78 is 0. The zero-order chi connectivity index (χ0) is 13.4. The third-order valence-corrected chi connectivity index (χ3v) is 3.25. The molecule has 0 unspecified atom stereocenters. The predicted molar refractivity (Wildman–Crippen MR) is 80.1 cm³/mol. The number of halogens is 1. The minimum absolute atomic E-state index is 0.220. The van der Waals surface area contributed by atoms with E-state index in [1.54, 1.807) is 0 Å². The Morgan fingerprint density at radius 3 is 2.33 bits per heavy atom. The molecule has 3 N–H and O–H groups in total. The van der Waals surface area contributed by atoms with E-state index in [2.05, 4.69) is 19.2 Å². The Morgan fingerprint density at radius 1 is 1.11 bits per heavy atom. The largest absolute Gasteiger partial charge is 0.327 e. The zero-order valence-corrected chi connectivity index (χ0v) is 12.2. The van der Waals surface area contributed by atoms with Crippen LogP contribution in [-0.4, -0.2) is 19.1 Å². The summed E-state index contributed by atoms with van der Waals surface area (Å²) in [6.45, 7) is 6.58. The minimum Gasteiger partial charge on any atom is -0.327 e. The first-order chi connectivity index (χ1) is 8.58. The third kappa shape index (κ3) is 7.00. The SMILES string of the molecule is CC(C)CCNCC[C@H](N)Cc1ccc(Cl)cc1. The van der Waals surface area contributed by atoms with Gasteiger partial charge in [-0.1, -0.05) is 37.6 Å². The first kappa shape index (κ1) is 15.5. The molecule has 1 aromatic rings. The van der Waals surface area contributed by atoms with E-state index >= 15 is 0 Å². The summed E-state index contributed by atoms with van der Waals surface area (Å²) in [5.74, 6) is 0.764. The lowest BCUT2D eigenvalue weighted by atomic mass is 10.0. The van der Waals surface area contributed by atoms with Crippen LogP contribution >= 0.6 is 11.6 Å². The van der Waals surface area contributed by atoms with Gasteiger partial charge in [0.1, 0.15) is 0 Å². The van der Waals surface area contributed by atoms with Gasteiger partial charge in [0, 0.05) is 11.1 Å². The summed E-state index contributed by atoms with van der Waals surface area (Å²) in [6.07, 6.45) is 3.16. The van der Waals surface area contributed by atoms with Gasteiger partial charge in [-0.2, -0.15) is 0 Å². The van der Waals surface area contributed by atoms with Crippen molar-refractivity contribution in [1.82, 2.24) is 5.32 Å². The molecule has 1 rings (SSSR count). The second-order valence-corrected chi connectivity index (χ2v) is 5.75. The van der Waals surface area contributed by atoms with Crippen LogP contribution in [0.3, 0.4) is 0 Å². The topological polar surface area (TPSA) is 38.0 Å². The molecule has 18 heavy (non-hydrogen) atoms. The third-order valence-electron chi connectivity index (χ3n) is 3.00. The molecule has 0 amide bonds. The Labute approximate surface area is 116 Å². The van der Waals surface area contributed by atoms with E-state index in [4.69, 9.17) is 17.3 Å². The zero-order valence-electron chi connectivity index (χ0n) is 11.5. The smallest absolute Gasteiger partial charge is 0.0406 e. The van der Waals surface area contributed by atoms with Crippen LogP contribution in [0.4, 0.5) is 0 Å². The van der Waals surface area contributed by atoms with Crippen molar-refractivity contribution in [2.75, 3.05) is 13.1 Å². The van der Waals surface area contributed by atoms with E-state index in [-0.39, 0.29) is 6.04 Å². The number of nitrogens with two attached hydrogens (primary N) is 1. The molecule has 0 heterocycles. The maximum Gasteiger partial charge on any atom is 0.0406 e. The Bertz CT molecular complexity index is 322. The highest BCUT2D eigenvalue weighted by molar-refractivity contribution is 6.30. The normalized spacial score (nSPS) is 12.9. The molecular formula is C15H25ClN2. The van der Waals surface area contributed by atoms with Crippen LogP contribution in [0.1, 0.15) is 32.3 Å². The van der Waals surface area contributed by atoms with E-state index in [0.717, 1.165) is 36.9 Å². The van der Waals surface area contributed by atoms with Crippen molar-refractivity contribution in [3.63, 3.8) is 0 Å². The Morgan fingerprint density at radius 2 is 1.72 bits per heavy atom. The predicted octanol–water partition coefficient (Wildman–Crippen LogP) is 3.24. The maximum absolute atomic E-state index is 6.11. The molecule has 0 saturated carbocycles. The molecular weight excluding hydrogens is 244 g/mol. The lowest BCUT2D eigenvalue weighted by molar-refractivity contribution is 0.509. The molecule has 0 aliphatic rings. The average molecular weight is 269 g/mol. The molecule has 0 bridgehead atoms. The van der Waals surface area contributed by atoms with Crippen molar-refractivity contribution >= 4 is 11.6 Å². The quantitative estimate of drug-likeness (QED) is 0.711. The molecule has 0 saturated heterocycles. The standard InChI is InChI=1S/C15H25ClN2/c1-12(2)7-9-18-10-8-15(17)11-13-3-5-14(16)6-4-13/h3-6,12,15,18H,7-11,17H2,1-2H3/t15-/m0/s1. The summed E-state index contributed by atoms with van der Waals surface area (Å²) in [6, 6.07) is 8.16. The van der Waals surface area contributed by atoms with Crippen molar-refractivity contribution in [3.05, 3.63) is 34.9 Å². The number of rotatable bonds is 8. The van der Waals surface area contributed by atoms with E-state index in [0.29, 0.717) is 0 Å².